The molecule has 1 fully saturated rings. The van der Waals surface area contributed by atoms with Crippen LogP contribution in [0.3, 0.4) is 0 Å². The minimum atomic E-state index is -0.150. The molecule has 4 rings (SSSR count). The summed E-state index contributed by atoms with van der Waals surface area (Å²) in [7, 11) is 2.16. The fourth-order valence-corrected chi connectivity index (χ4v) is 3.76. The van der Waals surface area contributed by atoms with Gasteiger partial charge in [0.15, 0.2) is 0 Å². The molecule has 0 radical (unpaired) electrons. The lowest BCUT2D eigenvalue weighted by molar-refractivity contribution is 0.155. The summed E-state index contributed by atoms with van der Waals surface area (Å²) < 4.78 is 14.6. The van der Waals surface area contributed by atoms with Gasteiger partial charge in [-0.05, 0) is 54.8 Å². The van der Waals surface area contributed by atoms with Crippen LogP contribution in [-0.4, -0.2) is 54.6 Å². The molecule has 2 aromatic carbocycles. The molecule has 1 saturated heterocycles. The van der Waals surface area contributed by atoms with Gasteiger partial charge in [-0.15, -0.1) is 0 Å². The molecule has 0 bridgehead atoms. The maximum absolute atomic E-state index is 14.6. The molecule has 29 heavy (non-hydrogen) atoms. The van der Waals surface area contributed by atoms with Gasteiger partial charge < -0.3 is 20.9 Å². The second kappa shape index (κ2) is 8.76. The predicted octanol–water partition coefficient (Wildman–Crippen LogP) is 3.36. The lowest BCUT2D eigenvalue weighted by atomic mass is 10.1. The van der Waals surface area contributed by atoms with E-state index in [9.17, 15) is 4.39 Å². The van der Waals surface area contributed by atoms with Crippen molar-refractivity contribution in [3.05, 3.63) is 65.6 Å². The summed E-state index contributed by atoms with van der Waals surface area (Å²) in [5.41, 5.74) is 8.55. The van der Waals surface area contributed by atoms with Gasteiger partial charge in [-0.25, -0.2) is 9.37 Å². The zero-order valence-corrected chi connectivity index (χ0v) is 16.9. The van der Waals surface area contributed by atoms with E-state index in [2.05, 4.69) is 27.1 Å². The van der Waals surface area contributed by atoms with Crippen molar-refractivity contribution >= 4 is 22.3 Å². The number of nitrogen functional groups attached to an aromatic ring is 1. The number of rotatable bonds is 6. The maximum atomic E-state index is 14.6. The molecule has 3 N–H and O–H groups in total. The van der Waals surface area contributed by atoms with Crippen LogP contribution in [0.15, 0.2) is 48.7 Å². The van der Waals surface area contributed by atoms with Crippen LogP contribution >= 0.6 is 0 Å². The third-order valence-corrected chi connectivity index (χ3v) is 5.71. The molecule has 0 spiro atoms. The van der Waals surface area contributed by atoms with E-state index < -0.39 is 0 Å². The Kier molecular flexibility index (Phi) is 5.92. The average Bonchev–Trinajstić information content (AvgIpc) is 2.73. The summed E-state index contributed by atoms with van der Waals surface area (Å²) in [5, 5.41) is 5.25. The highest BCUT2D eigenvalue weighted by Gasteiger charge is 2.13. The Balaban J connectivity index is 1.34. The van der Waals surface area contributed by atoms with Crippen LogP contribution in [0.4, 0.5) is 15.9 Å². The number of nitrogens with two attached hydrogens (primary N) is 1. The Morgan fingerprint density at radius 1 is 1.07 bits per heavy atom. The van der Waals surface area contributed by atoms with E-state index in [1.165, 1.54) is 0 Å². The summed E-state index contributed by atoms with van der Waals surface area (Å²) in [5.74, 6) is 0.370. The molecular weight excluding hydrogens is 365 g/mol. The smallest absolute Gasteiger partial charge is 0.131 e. The Morgan fingerprint density at radius 3 is 2.69 bits per heavy atom. The molecule has 152 valence electrons. The van der Waals surface area contributed by atoms with Crippen molar-refractivity contribution in [2.24, 2.45) is 0 Å². The Labute approximate surface area is 171 Å². The van der Waals surface area contributed by atoms with E-state index in [0.29, 0.717) is 17.9 Å². The lowest BCUT2D eigenvalue weighted by Gasteiger charge is -2.32. The van der Waals surface area contributed by atoms with Crippen molar-refractivity contribution in [3.8, 4) is 0 Å². The van der Waals surface area contributed by atoms with Crippen molar-refractivity contribution in [1.82, 2.24) is 14.8 Å². The van der Waals surface area contributed by atoms with Crippen LogP contribution in [-0.2, 0) is 13.0 Å². The molecule has 1 aliphatic heterocycles. The van der Waals surface area contributed by atoms with Crippen LogP contribution in [0.2, 0.25) is 0 Å². The zero-order valence-electron chi connectivity index (χ0n) is 16.9. The molecule has 1 aliphatic rings. The number of pyridine rings is 1. The number of piperazine rings is 1. The Bertz CT molecular complexity index is 982. The van der Waals surface area contributed by atoms with Gasteiger partial charge in [0.2, 0.25) is 0 Å². The van der Waals surface area contributed by atoms with Crippen LogP contribution in [0.25, 0.3) is 10.8 Å². The molecule has 3 aromatic rings. The summed E-state index contributed by atoms with van der Waals surface area (Å²) >= 11 is 0. The van der Waals surface area contributed by atoms with Crippen molar-refractivity contribution in [2.75, 3.05) is 50.8 Å². The molecule has 0 saturated carbocycles. The number of nitrogens with zero attached hydrogens (tertiary/aromatic N) is 3. The van der Waals surface area contributed by atoms with Crippen molar-refractivity contribution in [1.29, 1.82) is 0 Å². The number of benzene rings is 2. The Morgan fingerprint density at radius 2 is 1.90 bits per heavy atom. The number of hydrogen-bond donors (Lipinski definition) is 2. The van der Waals surface area contributed by atoms with Gasteiger partial charge in [0.25, 0.3) is 0 Å². The molecule has 2 heterocycles. The van der Waals surface area contributed by atoms with Gasteiger partial charge in [0.05, 0.1) is 0 Å². The quantitative estimate of drug-likeness (QED) is 0.673. The third kappa shape index (κ3) is 4.83. The van der Waals surface area contributed by atoms with Gasteiger partial charge >= 0.3 is 0 Å². The number of nitrogens with one attached hydrogen (secondary N) is 1. The highest BCUT2D eigenvalue weighted by atomic mass is 19.1. The van der Waals surface area contributed by atoms with Gasteiger partial charge in [-0.2, -0.15) is 0 Å². The third-order valence-electron chi connectivity index (χ3n) is 5.71. The number of fused-ring (bicyclic) bond motifs is 1. The van der Waals surface area contributed by atoms with Crippen molar-refractivity contribution < 1.29 is 4.39 Å². The summed E-state index contributed by atoms with van der Waals surface area (Å²) in [4.78, 5) is 8.90. The predicted molar refractivity (Wildman–Crippen MR) is 118 cm³/mol. The maximum Gasteiger partial charge on any atom is 0.131 e. The standard InChI is InChI=1S/C23H28FN5/c1-28-10-12-29(13-11-28)9-7-17-2-3-19(22(24)14-17)16-27-20-4-5-21-18(15-20)6-8-26-23(21)25/h2-6,8,14-15,27H,7,9-13,16H2,1H3,(H2,25,26). The number of anilines is 2. The minimum absolute atomic E-state index is 0.150. The van der Waals surface area contributed by atoms with E-state index in [-0.39, 0.29) is 5.82 Å². The monoisotopic (exact) mass is 393 g/mol. The molecule has 0 aliphatic carbocycles. The first-order chi connectivity index (χ1) is 14.1. The molecular formula is C23H28FN5. The van der Waals surface area contributed by atoms with Crippen molar-refractivity contribution in [2.45, 2.75) is 13.0 Å². The first kappa shape index (κ1) is 19.6. The highest BCUT2D eigenvalue weighted by Crippen LogP contribution is 2.23. The normalized spacial score (nSPS) is 15.7. The van der Waals surface area contributed by atoms with E-state index in [0.717, 1.165) is 61.2 Å². The minimum Gasteiger partial charge on any atom is -0.383 e. The van der Waals surface area contributed by atoms with Gasteiger partial charge in [0, 0.05) is 62.1 Å². The molecule has 0 atom stereocenters. The van der Waals surface area contributed by atoms with Crippen LogP contribution in [0.1, 0.15) is 11.1 Å². The van der Waals surface area contributed by atoms with Crippen molar-refractivity contribution in [3.63, 3.8) is 0 Å². The van der Waals surface area contributed by atoms with Crippen LogP contribution in [0.5, 0.6) is 0 Å². The number of likely N-dealkylation sites (N-methyl/N-ethyl adjacent to an activating group) is 1. The summed E-state index contributed by atoms with van der Waals surface area (Å²) in [6.45, 7) is 5.83. The summed E-state index contributed by atoms with van der Waals surface area (Å²) in [6, 6.07) is 13.4. The first-order valence-electron chi connectivity index (χ1n) is 10.1. The van der Waals surface area contributed by atoms with E-state index in [4.69, 9.17) is 5.73 Å². The fraction of sp³-hybridized carbons (Fsp3) is 0.348. The molecule has 6 heteroatoms. The molecule has 0 amide bonds. The number of halogens is 1. The number of hydrogen-bond acceptors (Lipinski definition) is 5. The topological polar surface area (TPSA) is 57.4 Å². The van der Waals surface area contributed by atoms with E-state index in [1.54, 1.807) is 12.3 Å². The largest absolute Gasteiger partial charge is 0.383 e. The Hall–Kier alpha value is -2.70. The van der Waals surface area contributed by atoms with Gasteiger partial charge in [-0.3, -0.25) is 0 Å². The highest BCUT2D eigenvalue weighted by molar-refractivity contribution is 5.92. The molecule has 5 nitrogen and oxygen atoms in total. The fourth-order valence-electron chi connectivity index (χ4n) is 3.76. The average molecular weight is 394 g/mol. The SMILES string of the molecule is CN1CCN(CCc2ccc(CNc3ccc4c(N)nccc4c3)c(F)c2)CC1. The first-order valence-corrected chi connectivity index (χ1v) is 10.1. The van der Waals surface area contributed by atoms with Crippen LogP contribution in [0, 0.1) is 5.82 Å². The van der Waals surface area contributed by atoms with E-state index in [1.807, 2.05) is 36.4 Å². The second-order valence-corrected chi connectivity index (χ2v) is 7.81. The molecule has 0 unspecified atom stereocenters. The van der Waals surface area contributed by atoms with Gasteiger partial charge in [-0.1, -0.05) is 12.1 Å². The van der Waals surface area contributed by atoms with Crippen LogP contribution < -0.4 is 11.1 Å². The van der Waals surface area contributed by atoms with E-state index >= 15 is 0 Å². The zero-order chi connectivity index (χ0) is 20.2. The molecule has 1 aromatic heterocycles. The summed E-state index contributed by atoms with van der Waals surface area (Å²) in [6.07, 6.45) is 2.58. The van der Waals surface area contributed by atoms with Gasteiger partial charge in [0.1, 0.15) is 11.6 Å². The second-order valence-electron chi connectivity index (χ2n) is 7.81. The lowest BCUT2D eigenvalue weighted by Crippen LogP contribution is -2.45. The number of aromatic nitrogens is 1.